The van der Waals surface area contributed by atoms with Crippen LogP contribution in [0.4, 0.5) is 0 Å². The van der Waals surface area contributed by atoms with E-state index < -0.39 is 248 Å². The van der Waals surface area contributed by atoms with Gasteiger partial charge in [0.15, 0.2) is 5.96 Å². The van der Waals surface area contributed by atoms with Gasteiger partial charge in [0.1, 0.15) is 90.3 Å². The van der Waals surface area contributed by atoms with Gasteiger partial charge in [0, 0.05) is 125 Å². The van der Waals surface area contributed by atoms with Gasteiger partial charge in [-0.1, -0.05) is 88.1 Å². The number of nitrogens with one attached hydrogen (secondary N) is 15. The molecule has 25 N–H and O–H groups in total. The van der Waals surface area contributed by atoms with Gasteiger partial charge in [0.05, 0.1) is 37.0 Å². The van der Waals surface area contributed by atoms with Crippen LogP contribution >= 0.6 is 11.8 Å². The van der Waals surface area contributed by atoms with E-state index in [0.29, 0.717) is 77.0 Å². The van der Waals surface area contributed by atoms with Crippen LogP contribution in [0.15, 0.2) is 97.7 Å². The number of aliphatic carboxylic acids is 1. The van der Waals surface area contributed by atoms with Crippen LogP contribution in [-0.4, -0.2) is 333 Å². The minimum Gasteiger partial charge on any atom is -0.508 e. The third kappa shape index (κ3) is 29.9. The van der Waals surface area contributed by atoms with E-state index in [1.807, 2.05) is 13.8 Å². The molecule has 139 heavy (non-hydrogen) atoms. The maximum atomic E-state index is 15.8. The highest BCUT2D eigenvalue weighted by Gasteiger charge is 2.47. The number of nitrogens with zero attached hydrogens (tertiary/aromatic N) is 6. The number of H-pyrrole nitrogens is 3. The summed E-state index contributed by atoms with van der Waals surface area (Å²) in [6.45, 7) is 1.11. The number of guanidine groups is 1. The molecular formula is C93H130N24O21S. The average Bonchev–Trinajstić information content (AvgIpc) is 1.73. The maximum absolute atomic E-state index is 15.8. The summed E-state index contributed by atoms with van der Waals surface area (Å²) in [7, 11) is 2.68. The number of phenolic OH excluding ortho intramolecular Hbond substituents is 1. The lowest BCUT2D eigenvalue weighted by Crippen LogP contribution is -2.62. The maximum Gasteiger partial charge on any atom is 0.303 e. The fourth-order valence-electron chi connectivity index (χ4n) is 17.8. The number of piperidine rings is 1. The molecule has 0 bridgehead atoms. The van der Waals surface area contributed by atoms with E-state index in [9.17, 15) is 39.6 Å². The normalized spacial score (nSPS) is 24.8. The van der Waals surface area contributed by atoms with Crippen molar-refractivity contribution in [2.24, 2.45) is 17.2 Å². The Morgan fingerprint density at radius 2 is 1.04 bits per heavy atom. The Kier molecular flexibility index (Phi) is 40.2. The second-order valence-corrected chi connectivity index (χ2v) is 36.5. The SMILES string of the molecule is CCCC[C@H]1C(=O)N(C)[C@@H](CCCC)C(=O)N[C@@H](CCCNC(=N)N)C(=O)N[C@H](C(=O)NCC(N)=O)CSCC(=O)N[C@@H](Cc2ccc(O)cc2)C(=O)N2CCCCC2C(=O)N[C@@H](CCC(=O)O)C(=O)N2CCC[C@H]2C(=O)N[C@@H](Cc2c[nH]cn2)C(=O)N[C@@H](CCCN)C(=O)N2C[C@H](O)C[C@H]2C(=O)N[C@H](Cc2c[nH]c3ccccc23)C(=O)N[C@H](CO)C(=O)N[C@@H](Cc2c[nH]c3ccccc23)C(=O)N1C. The summed E-state index contributed by atoms with van der Waals surface area (Å²) >= 11 is 0.776. The van der Waals surface area contributed by atoms with Crippen LogP contribution in [0.5, 0.6) is 5.75 Å². The number of hydrogen-bond donors (Lipinski definition) is 22. The molecule has 46 heteroatoms. The number of aromatic nitrogens is 4. The van der Waals surface area contributed by atoms with E-state index in [1.165, 1.54) is 55.8 Å². The number of amides is 16. The molecule has 7 heterocycles. The number of benzene rings is 3. The smallest absolute Gasteiger partial charge is 0.303 e. The van der Waals surface area contributed by atoms with E-state index in [1.54, 1.807) is 60.9 Å². The Hall–Kier alpha value is -13.8. The van der Waals surface area contributed by atoms with Gasteiger partial charge >= 0.3 is 5.97 Å². The lowest BCUT2D eigenvalue weighted by Gasteiger charge is -2.38. The molecule has 0 saturated carbocycles. The average molecular weight is 1950 g/mol. The molecule has 45 nitrogen and oxygen atoms in total. The summed E-state index contributed by atoms with van der Waals surface area (Å²) in [5.41, 5.74) is 20.0. The summed E-state index contributed by atoms with van der Waals surface area (Å²) in [4.78, 5) is 271. The second kappa shape index (κ2) is 52.1. The first-order valence-corrected chi connectivity index (χ1v) is 48.2. The Morgan fingerprint density at radius 1 is 0.525 bits per heavy atom. The standard InChI is InChI=1S/C93H130N24O21S/c1-5-7-24-71-84(130)105-62(23-16-35-99-93(96)97)80(126)112-70(79(125)102-46-76(95)121)49-139-50-77(122)104-67(38-52-28-30-56(119)31-29-52)91(137)115-36-14-13-26-72(115)85(131)107-64(32-33-78(123)124)89(135)116-37-17-27-73(116)86(132)109-66(41-55-45-98-51-103-55)82(128)106-63(22-15-34-94)90(136)117-47-57(120)42-75(117)87(133)108-65(39-53-43-100-60-20-11-9-18-58(53)60)81(127)111-69(48-118)83(129)110-68(40-54-44-101-61-21-12-10-19-59(54)61)88(134)114(4)74(25-8-6-2)92(138)113(71)3/h9-12,18-21,28-31,43-45,51,57,62-75,100-101,118-120H,5-8,13-17,22-27,32-42,46-50,94H2,1-4H3,(H2,95,121)(H,98,103)(H,102,125)(H,104,122)(H,105,130)(H,106,128)(H,107,131)(H,108,133)(H,109,132)(H,110,129)(H,111,127)(H,112,126)(H,123,124)(H4,96,97,99)/t57-,62+,63+,64+,65-,66+,67+,68+,69-,70+,71+,72?,73+,74+,75+/m1/s1. The van der Waals surface area contributed by atoms with Crippen molar-refractivity contribution in [3.8, 4) is 5.75 Å². The van der Waals surface area contributed by atoms with E-state index in [4.69, 9.17) is 22.6 Å². The van der Waals surface area contributed by atoms with Crippen LogP contribution in [0.3, 0.4) is 0 Å². The van der Waals surface area contributed by atoms with E-state index in [2.05, 4.69) is 78.4 Å². The first-order chi connectivity index (χ1) is 66.6. The number of unbranched alkanes of at least 4 members (excludes halogenated alkanes) is 2. The highest BCUT2D eigenvalue weighted by molar-refractivity contribution is 8.00. The highest BCUT2D eigenvalue weighted by atomic mass is 32.2. The number of aromatic amines is 3. The van der Waals surface area contributed by atoms with Crippen molar-refractivity contribution in [2.75, 3.05) is 71.5 Å². The van der Waals surface area contributed by atoms with Gasteiger partial charge in [-0.2, -0.15) is 0 Å². The monoisotopic (exact) mass is 1950 g/mol. The van der Waals surface area contributed by atoms with Crippen LogP contribution < -0.4 is 75.7 Å². The number of aromatic hydroxyl groups is 1. The first kappa shape index (κ1) is 107. The van der Waals surface area contributed by atoms with Crippen LogP contribution in [0, 0.1) is 5.41 Å². The van der Waals surface area contributed by atoms with Crippen molar-refractivity contribution in [1.29, 1.82) is 5.41 Å². The molecule has 0 radical (unpaired) electrons. The summed E-state index contributed by atoms with van der Waals surface area (Å²) in [6.07, 6.45) is 3.91. The topological polar surface area (TPSA) is 682 Å². The summed E-state index contributed by atoms with van der Waals surface area (Å²) < 4.78 is 0. The van der Waals surface area contributed by atoms with E-state index in [0.717, 1.165) is 31.4 Å². The zero-order valence-electron chi connectivity index (χ0n) is 78.4. The lowest BCUT2D eigenvalue weighted by molar-refractivity contribution is -0.149. The number of rotatable bonds is 28. The summed E-state index contributed by atoms with van der Waals surface area (Å²) in [5, 5.41) is 81.6. The van der Waals surface area contributed by atoms with Crippen molar-refractivity contribution in [2.45, 2.75) is 246 Å². The van der Waals surface area contributed by atoms with Gasteiger partial charge in [-0.05, 0) is 125 Å². The van der Waals surface area contributed by atoms with Crippen molar-refractivity contribution in [3.63, 3.8) is 0 Å². The Balaban J connectivity index is 1.03. The number of fused-ring (bicyclic) bond motifs is 5. The molecule has 10 rings (SSSR count). The molecular weight excluding hydrogens is 1820 g/mol. The minimum atomic E-state index is -1.90. The molecule has 0 spiro atoms. The third-order valence-electron chi connectivity index (χ3n) is 25.3. The lowest BCUT2D eigenvalue weighted by atomic mass is 9.97. The molecule has 4 aliphatic heterocycles. The van der Waals surface area contributed by atoms with Gasteiger partial charge in [0.2, 0.25) is 94.5 Å². The Bertz CT molecular complexity index is 5330. The predicted molar refractivity (Wildman–Crippen MR) is 509 cm³/mol. The Morgan fingerprint density at radius 3 is 1.65 bits per heavy atom. The molecule has 16 amide bonds. The number of imidazole rings is 1. The number of carbonyl (C=O) groups is 17. The number of carboxylic acids is 1. The van der Waals surface area contributed by atoms with Crippen molar-refractivity contribution in [3.05, 3.63) is 120 Å². The fourth-order valence-corrected chi connectivity index (χ4v) is 18.7. The molecule has 1 unspecified atom stereocenters. The fraction of sp³-hybridized carbons (Fsp3) is 0.538. The zero-order chi connectivity index (χ0) is 101. The predicted octanol–water partition coefficient (Wildman–Crippen LogP) is -2.71. The van der Waals surface area contributed by atoms with Crippen molar-refractivity contribution >= 4 is 140 Å². The number of hydrogen-bond acceptors (Lipinski definition) is 24. The van der Waals surface area contributed by atoms with Gasteiger partial charge < -0.3 is 136 Å². The molecule has 15 atom stereocenters. The molecule has 0 aliphatic carbocycles. The summed E-state index contributed by atoms with van der Waals surface area (Å²) in [5.74, 6) is -17.8. The number of phenols is 1. The molecule has 4 fully saturated rings. The van der Waals surface area contributed by atoms with E-state index >= 15 is 62.3 Å². The number of para-hydroxylation sites is 2. The summed E-state index contributed by atoms with van der Waals surface area (Å²) in [6, 6.07) is -2.06. The van der Waals surface area contributed by atoms with Gasteiger partial charge in [-0.15, -0.1) is 11.8 Å². The first-order valence-electron chi connectivity index (χ1n) is 47.1. The van der Waals surface area contributed by atoms with E-state index in [-0.39, 0.29) is 121 Å². The van der Waals surface area contributed by atoms with Crippen molar-refractivity contribution in [1.82, 2.24) is 103 Å². The van der Waals surface area contributed by atoms with Gasteiger partial charge in [-0.3, -0.25) is 86.9 Å². The molecule has 4 aliphatic rings. The van der Waals surface area contributed by atoms with Crippen molar-refractivity contribution < 1.29 is 102 Å². The number of nitrogens with two attached hydrogens (primary N) is 3. The third-order valence-corrected chi connectivity index (χ3v) is 26.4. The van der Waals surface area contributed by atoms with Crippen LogP contribution in [0.25, 0.3) is 21.8 Å². The molecule has 3 aromatic carbocycles. The number of aliphatic hydroxyl groups is 2. The second-order valence-electron chi connectivity index (χ2n) is 35.4. The minimum absolute atomic E-state index is 0.00397. The molecule has 3 aromatic heterocycles. The van der Waals surface area contributed by atoms with Crippen LogP contribution in [0.1, 0.15) is 152 Å². The van der Waals surface area contributed by atoms with Gasteiger partial charge in [-0.25, -0.2) is 4.98 Å². The zero-order valence-corrected chi connectivity index (χ0v) is 79.2. The molecule has 754 valence electrons. The number of likely N-dealkylation sites (N-methyl/N-ethyl adjacent to an activating group) is 2. The molecule has 4 saturated heterocycles. The van der Waals surface area contributed by atoms with Crippen LogP contribution in [0.2, 0.25) is 0 Å². The number of thioether (sulfide) groups is 1. The van der Waals surface area contributed by atoms with Crippen LogP contribution in [-0.2, 0) is 107 Å². The number of carbonyl (C=O) groups excluding carboxylic acids is 16. The number of carboxylic acid groups (broad SMARTS) is 1. The highest BCUT2D eigenvalue weighted by Crippen LogP contribution is 2.29. The largest absolute Gasteiger partial charge is 0.508 e. The molecule has 6 aromatic rings. The quantitative estimate of drug-likeness (QED) is 0.0135. The number of primary amides is 1. The van der Waals surface area contributed by atoms with Gasteiger partial charge in [0.25, 0.3) is 0 Å². The Labute approximate surface area is 806 Å². The number of aliphatic hydroxyl groups excluding tert-OH is 2.